The van der Waals surface area contributed by atoms with Gasteiger partial charge in [0.2, 0.25) is 5.91 Å². The summed E-state index contributed by atoms with van der Waals surface area (Å²) >= 11 is 0. The maximum absolute atomic E-state index is 11.1. The first-order chi connectivity index (χ1) is 7.00. The third kappa shape index (κ3) is 1.32. The summed E-state index contributed by atoms with van der Waals surface area (Å²) in [6.07, 6.45) is 0.148. The number of β-lactam (4-membered cyclic amide) rings is 1. The lowest BCUT2D eigenvalue weighted by Crippen LogP contribution is -2.54. The molecule has 2 aliphatic rings. The van der Waals surface area contributed by atoms with Gasteiger partial charge in [-0.05, 0) is 0 Å². The maximum atomic E-state index is 11.1. The van der Waals surface area contributed by atoms with Crippen molar-refractivity contribution in [2.45, 2.75) is 18.7 Å². The van der Waals surface area contributed by atoms with E-state index in [0.29, 0.717) is 6.08 Å². The fourth-order valence-electron chi connectivity index (χ4n) is 1.64. The highest BCUT2D eigenvalue weighted by Gasteiger charge is 2.53. The first kappa shape index (κ1) is 9.50. The van der Waals surface area contributed by atoms with E-state index in [1.165, 1.54) is 0 Å². The molecule has 1 amide bonds. The molecule has 2 fully saturated rings. The van der Waals surface area contributed by atoms with Gasteiger partial charge in [-0.3, -0.25) is 9.69 Å². The highest BCUT2D eigenvalue weighted by Crippen LogP contribution is 2.36. The minimum atomic E-state index is -1.30. The molecule has 0 bridgehead atoms. The van der Waals surface area contributed by atoms with Crippen LogP contribution in [0.15, 0.2) is 11.8 Å². The molecule has 0 spiro atoms. The highest BCUT2D eigenvalue weighted by atomic mass is 16.5. The summed E-state index contributed by atoms with van der Waals surface area (Å²) in [4.78, 5) is 33.3. The number of carbonyl (C=O) groups is 3. The summed E-state index contributed by atoms with van der Waals surface area (Å²) in [7, 11) is 0. The molecule has 0 aliphatic carbocycles. The van der Waals surface area contributed by atoms with E-state index in [4.69, 9.17) is 14.9 Å². The number of rotatable bonds is 2. The molecule has 0 aromatic heterocycles. The number of amides is 1. The van der Waals surface area contributed by atoms with Gasteiger partial charge < -0.3 is 14.9 Å². The van der Waals surface area contributed by atoms with Crippen LogP contribution in [0.25, 0.3) is 0 Å². The van der Waals surface area contributed by atoms with Crippen LogP contribution >= 0.6 is 0 Å². The van der Waals surface area contributed by atoms with Crippen molar-refractivity contribution in [2.75, 3.05) is 0 Å². The molecule has 2 rings (SSSR count). The van der Waals surface area contributed by atoms with Gasteiger partial charge in [-0.2, -0.15) is 0 Å². The summed E-state index contributed by atoms with van der Waals surface area (Å²) < 4.78 is 5.02. The summed E-state index contributed by atoms with van der Waals surface area (Å²) in [6.45, 7) is 0. The summed E-state index contributed by atoms with van der Waals surface area (Å²) in [5, 5.41) is 17.3. The summed E-state index contributed by atoms with van der Waals surface area (Å²) in [6, 6.07) is -1.30. The Morgan fingerprint density at radius 3 is 2.60 bits per heavy atom. The monoisotopic (exact) mass is 213 g/mol. The molecule has 80 valence electrons. The number of hydrogen-bond donors (Lipinski definition) is 2. The van der Waals surface area contributed by atoms with Crippen molar-refractivity contribution in [1.82, 2.24) is 4.90 Å². The molecule has 2 heterocycles. The second kappa shape index (κ2) is 2.97. The van der Waals surface area contributed by atoms with Crippen molar-refractivity contribution < 1.29 is 29.3 Å². The number of fused-ring (bicyclic) bond motifs is 1. The molecule has 2 N–H and O–H groups in total. The summed E-state index contributed by atoms with van der Waals surface area (Å²) in [5.74, 6) is -3.14. The van der Waals surface area contributed by atoms with Gasteiger partial charge in [-0.25, -0.2) is 9.59 Å². The van der Waals surface area contributed by atoms with Gasteiger partial charge in [0.25, 0.3) is 0 Å². The number of aliphatic carboxylic acids is 2. The number of nitrogens with zero attached hydrogens (tertiary/aromatic N) is 1. The van der Waals surface area contributed by atoms with Gasteiger partial charge >= 0.3 is 11.9 Å². The van der Waals surface area contributed by atoms with Gasteiger partial charge in [0, 0.05) is 0 Å². The first-order valence-electron chi connectivity index (χ1n) is 4.16. The quantitative estimate of drug-likeness (QED) is 0.450. The van der Waals surface area contributed by atoms with Crippen LogP contribution < -0.4 is 0 Å². The fraction of sp³-hybridized carbons (Fsp3) is 0.375. The smallest absolute Gasteiger partial charge is 0.334 e. The molecule has 0 aromatic carbocycles. The van der Waals surface area contributed by atoms with Crippen molar-refractivity contribution in [3.05, 3.63) is 11.8 Å². The Balaban J connectivity index is 2.31. The molecular weight excluding hydrogens is 206 g/mol. The van der Waals surface area contributed by atoms with E-state index >= 15 is 0 Å². The molecule has 7 heteroatoms. The number of carboxylic acid groups (broad SMARTS) is 2. The normalized spacial score (nSPS) is 30.8. The standard InChI is InChI=1S/C8H7NO6/c10-4-2-5-9(4)7(8(13)14)3(15-5)1-6(11)12/h1,5,7H,2H2,(H,11,12)(H,13,14)/t5-,7-/m1/s1. The Labute approximate surface area is 83.5 Å². The molecule has 2 atom stereocenters. The zero-order valence-corrected chi connectivity index (χ0v) is 7.41. The Morgan fingerprint density at radius 2 is 2.13 bits per heavy atom. The number of ether oxygens (including phenoxy) is 1. The molecule has 0 aromatic rings. The van der Waals surface area contributed by atoms with Crippen LogP contribution in [0.3, 0.4) is 0 Å². The maximum Gasteiger partial charge on any atom is 0.334 e. The van der Waals surface area contributed by atoms with Crippen LogP contribution in [-0.2, 0) is 19.1 Å². The molecule has 15 heavy (non-hydrogen) atoms. The zero-order chi connectivity index (χ0) is 11.2. The second-order valence-corrected chi connectivity index (χ2v) is 3.20. The van der Waals surface area contributed by atoms with Crippen LogP contribution in [0, 0.1) is 0 Å². The molecule has 2 aliphatic heterocycles. The van der Waals surface area contributed by atoms with Crippen molar-refractivity contribution in [3.8, 4) is 0 Å². The first-order valence-corrected chi connectivity index (χ1v) is 4.16. The second-order valence-electron chi connectivity index (χ2n) is 3.20. The lowest BCUT2D eigenvalue weighted by atomic mass is 10.1. The van der Waals surface area contributed by atoms with Crippen LogP contribution in [0.1, 0.15) is 6.42 Å². The third-order valence-corrected chi connectivity index (χ3v) is 2.27. The van der Waals surface area contributed by atoms with E-state index in [9.17, 15) is 14.4 Å². The Kier molecular flexibility index (Phi) is 1.88. The number of carbonyl (C=O) groups excluding carboxylic acids is 1. The average Bonchev–Trinajstić information content (AvgIpc) is 2.37. The van der Waals surface area contributed by atoms with Gasteiger partial charge in [-0.1, -0.05) is 0 Å². The van der Waals surface area contributed by atoms with E-state index in [1.54, 1.807) is 0 Å². The van der Waals surface area contributed by atoms with Gasteiger partial charge in [0.1, 0.15) is 5.76 Å². The van der Waals surface area contributed by atoms with Crippen molar-refractivity contribution in [3.63, 3.8) is 0 Å². The Hall–Kier alpha value is -2.05. The van der Waals surface area contributed by atoms with Crippen LogP contribution in [0.5, 0.6) is 0 Å². The molecule has 7 nitrogen and oxygen atoms in total. The van der Waals surface area contributed by atoms with Gasteiger partial charge in [0.15, 0.2) is 12.3 Å². The molecular formula is C8H7NO6. The number of hydrogen-bond acceptors (Lipinski definition) is 4. The fourth-order valence-corrected chi connectivity index (χ4v) is 1.64. The van der Waals surface area contributed by atoms with Crippen molar-refractivity contribution in [1.29, 1.82) is 0 Å². The SMILES string of the molecule is O=C(O)C=C1O[C@@H]2CC(=O)N2[C@H]1C(=O)O. The van der Waals surface area contributed by atoms with E-state index in [1.807, 2.05) is 0 Å². The minimum absolute atomic E-state index is 0.0980. The molecule has 0 radical (unpaired) electrons. The molecule has 0 unspecified atom stereocenters. The Morgan fingerprint density at radius 1 is 1.47 bits per heavy atom. The van der Waals surface area contributed by atoms with Crippen LogP contribution in [0.4, 0.5) is 0 Å². The van der Waals surface area contributed by atoms with Crippen LogP contribution in [-0.4, -0.2) is 45.2 Å². The lowest BCUT2D eigenvalue weighted by Gasteiger charge is -2.33. The third-order valence-electron chi connectivity index (χ3n) is 2.27. The lowest BCUT2D eigenvalue weighted by molar-refractivity contribution is -0.163. The Bertz CT molecular complexity index is 387. The van der Waals surface area contributed by atoms with E-state index < -0.39 is 24.2 Å². The van der Waals surface area contributed by atoms with Crippen molar-refractivity contribution in [2.24, 2.45) is 0 Å². The van der Waals surface area contributed by atoms with Crippen molar-refractivity contribution >= 4 is 17.8 Å². The molecule has 2 saturated heterocycles. The van der Waals surface area contributed by atoms with Crippen LogP contribution in [0.2, 0.25) is 0 Å². The zero-order valence-electron chi connectivity index (χ0n) is 7.41. The van der Waals surface area contributed by atoms with E-state index in [-0.39, 0.29) is 18.1 Å². The van der Waals surface area contributed by atoms with E-state index in [2.05, 4.69) is 0 Å². The predicted octanol–water partition coefficient (Wildman–Crippen LogP) is -1.00. The minimum Gasteiger partial charge on any atom is -0.479 e. The highest BCUT2D eigenvalue weighted by molar-refractivity contribution is 5.92. The van der Waals surface area contributed by atoms with Gasteiger partial charge in [0.05, 0.1) is 12.5 Å². The average molecular weight is 213 g/mol. The number of carboxylic acids is 2. The predicted molar refractivity (Wildman–Crippen MR) is 43.5 cm³/mol. The van der Waals surface area contributed by atoms with Gasteiger partial charge in [-0.15, -0.1) is 0 Å². The molecule has 0 saturated carbocycles. The largest absolute Gasteiger partial charge is 0.479 e. The van der Waals surface area contributed by atoms with E-state index in [0.717, 1.165) is 4.90 Å². The topological polar surface area (TPSA) is 104 Å². The summed E-state index contributed by atoms with van der Waals surface area (Å²) in [5.41, 5.74) is 0.